The van der Waals surface area contributed by atoms with E-state index in [1.807, 2.05) is 6.08 Å². The number of allylic oxidation sites excluding steroid dienone is 1. The summed E-state index contributed by atoms with van der Waals surface area (Å²) in [7, 11) is 0. The van der Waals surface area contributed by atoms with Crippen LogP contribution in [-0.2, 0) is 76.3 Å². The standard InChI is InChI=1S/C62H108N2O16/c1-11-12-13-14-15-16-17-18-19-20-21-22-23-26-30-33-36-39-42-55(76-49(7)68)61(72)64-53(43-74-62-57(63-46(4)65)60(79-52(10)71)59(78-51(9)70)56(80-62)44-73-47(5)66)58(77-50(8)69)54(75-48(6)67)41-38-35-32-29-27-24-25-28-31-34-37-40-45(2)3/h38,41,45,53-60,62H,11-37,39-40,42-44H2,1-10H3,(H,63,65)(H,64,72)/b41-38+/t53?,54?,55?,56-,57-,58?,59-,60-,62-/m1/s1. The van der Waals surface area contributed by atoms with Gasteiger partial charge in [0.15, 0.2) is 36.8 Å². The fourth-order valence-electron chi connectivity index (χ4n) is 10.1. The van der Waals surface area contributed by atoms with Crippen LogP contribution in [0.2, 0.25) is 0 Å². The number of nitrogens with one attached hydrogen (secondary N) is 2. The number of rotatable bonds is 47. The van der Waals surface area contributed by atoms with E-state index in [0.717, 1.165) is 85.0 Å². The quantitative estimate of drug-likeness (QED) is 0.0249. The zero-order chi connectivity index (χ0) is 59.5. The third-order valence-corrected chi connectivity index (χ3v) is 14.1. The average Bonchev–Trinajstić information content (AvgIpc) is 3.39. The van der Waals surface area contributed by atoms with Crippen LogP contribution < -0.4 is 10.6 Å². The van der Waals surface area contributed by atoms with Crippen LogP contribution in [0.5, 0.6) is 0 Å². The number of carbonyl (C=O) groups is 8. The van der Waals surface area contributed by atoms with Crippen LogP contribution in [0.15, 0.2) is 12.2 Å². The largest absolute Gasteiger partial charge is 0.463 e. The zero-order valence-electron chi connectivity index (χ0n) is 51.1. The number of carbonyl (C=O) groups excluding carboxylic acids is 8. The Kier molecular flexibility index (Phi) is 42.2. The zero-order valence-corrected chi connectivity index (χ0v) is 51.1. The minimum Gasteiger partial charge on any atom is -0.463 e. The number of amides is 2. The first-order chi connectivity index (χ1) is 38.2. The molecule has 9 atom stereocenters. The summed E-state index contributed by atoms with van der Waals surface area (Å²) in [6, 6.07) is -2.76. The van der Waals surface area contributed by atoms with Gasteiger partial charge in [0.05, 0.1) is 12.6 Å². The van der Waals surface area contributed by atoms with E-state index >= 15 is 0 Å². The van der Waals surface area contributed by atoms with Crippen molar-refractivity contribution in [2.75, 3.05) is 13.2 Å². The summed E-state index contributed by atoms with van der Waals surface area (Å²) in [6.07, 6.45) is 27.3. The fourth-order valence-corrected chi connectivity index (χ4v) is 10.1. The van der Waals surface area contributed by atoms with Crippen molar-refractivity contribution in [3.63, 3.8) is 0 Å². The molecule has 1 rings (SSSR count). The molecule has 18 nitrogen and oxygen atoms in total. The Hall–Kier alpha value is -4.58. The van der Waals surface area contributed by atoms with Crippen LogP contribution in [0.3, 0.4) is 0 Å². The predicted octanol–water partition coefficient (Wildman–Crippen LogP) is 11.9. The van der Waals surface area contributed by atoms with Crippen LogP contribution >= 0.6 is 0 Å². The van der Waals surface area contributed by atoms with Crippen molar-refractivity contribution < 1.29 is 76.3 Å². The van der Waals surface area contributed by atoms with Gasteiger partial charge < -0.3 is 48.5 Å². The van der Waals surface area contributed by atoms with E-state index in [-0.39, 0.29) is 6.42 Å². The first kappa shape index (κ1) is 73.4. The molecule has 0 saturated carbocycles. The summed E-state index contributed by atoms with van der Waals surface area (Å²) in [6.45, 7) is 13.8. The highest BCUT2D eigenvalue weighted by atomic mass is 16.7. The Morgan fingerprint density at radius 2 is 0.963 bits per heavy atom. The SMILES string of the molecule is CCCCCCCCCCCCCCCCCCCCC(OC(C)=O)C(=O)NC(CO[C@@H]1O[C@H](COC(C)=O)[C@@H](OC(C)=O)[C@H](OC(C)=O)[C@H]1NC(C)=O)C(OC(C)=O)C(/C=C/CCCCCCCCCCCC(C)C)OC(C)=O. The van der Waals surface area contributed by atoms with Gasteiger partial charge in [-0.2, -0.15) is 0 Å². The first-order valence-corrected chi connectivity index (χ1v) is 30.8. The molecule has 0 spiro atoms. The maximum atomic E-state index is 14.5. The van der Waals surface area contributed by atoms with Gasteiger partial charge in [-0.1, -0.05) is 194 Å². The van der Waals surface area contributed by atoms with Gasteiger partial charge in [0, 0.05) is 48.5 Å². The van der Waals surface area contributed by atoms with Gasteiger partial charge in [-0.3, -0.25) is 38.4 Å². The molecule has 0 aromatic rings. The Bertz CT molecular complexity index is 1770. The van der Waals surface area contributed by atoms with Gasteiger partial charge in [0.25, 0.3) is 5.91 Å². The summed E-state index contributed by atoms with van der Waals surface area (Å²) in [5, 5.41) is 5.51. The smallest absolute Gasteiger partial charge is 0.303 e. The molecular weight excluding hydrogens is 1030 g/mol. The molecule has 4 unspecified atom stereocenters. The maximum absolute atomic E-state index is 14.5. The van der Waals surface area contributed by atoms with Gasteiger partial charge in [-0.15, -0.1) is 0 Å². The lowest BCUT2D eigenvalue weighted by molar-refractivity contribution is -0.280. The Morgan fingerprint density at radius 3 is 1.40 bits per heavy atom. The molecule has 0 radical (unpaired) electrons. The molecule has 1 aliphatic heterocycles. The van der Waals surface area contributed by atoms with Crippen molar-refractivity contribution in [2.45, 2.75) is 317 Å². The van der Waals surface area contributed by atoms with Gasteiger partial charge in [-0.05, 0) is 37.7 Å². The Balaban J connectivity index is 3.39. The van der Waals surface area contributed by atoms with E-state index in [1.165, 1.54) is 143 Å². The summed E-state index contributed by atoms with van der Waals surface area (Å²) < 4.78 is 46.4. The molecular formula is C62H108N2O16. The van der Waals surface area contributed by atoms with E-state index in [9.17, 15) is 38.4 Å². The second-order valence-electron chi connectivity index (χ2n) is 22.3. The Labute approximate surface area is 481 Å². The summed E-state index contributed by atoms with van der Waals surface area (Å²) in [5.74, 6) is -5.16. The number of esters is 6. The molecule has 462 valence electrons. The third-order valence-electron chi connectivity index (χ3n) is 14.1. The molecule has 0 aromatic heterocycles. The minimum atomic E-state index is -1.58. The van der Waals surface area contributed by atoms with Crippen LogP contribution in [0.25, 0.3) is 0 Å². The van der Waals surface area contributed by atoms with Gasteiger partial charge in [-0.25, -0.2) is 0 Å². The number of ether oxygens (including phenoxy) is 8. The highest BCUT2D eigenvalue weighted by Crippen LogP contribution is 2.29. The normalized spacial score (nSPS) is 18.6. The van der Waals surface area contributed by atoms with Crippen molar-refractivity contribution in [2.24, 2.45) is 5.92 Å². The summed E-state index contributed by atoms with van der Waals surface area (Å²) >= 11 is 0. The first-order valence-electron chi connectivity index (χ1n) is 30.8. The fraction of sp³-hybridized carbons (Fsp3) is 0.839. The molecule has 1 fully saturated rings. The highest BCUT2D eigenvalue weighted by Gasteiger charge is 2.52. The molecule has 0 aromatic carbocycles. The molecule has 2 amide bonds. The van der Waals surface area contributed by atoms with E-state index in [1.54, 1.807) is 6.08 Å². The molecule has 2 N–H and O–H groups in total. The second-order valence-corrected chi connectivity index (χ2v) is 22.3. The molecule has 1 aliphatic rings. The average molecular weight is 1140 g/mol. The van der Waals surface area contributed by atoms with E-state index < -0.39 is 116 Å². The highest BCUT2D eigenvalue weighted by molar-refractivity contribution is 5.83. The minimum absolute atomic E-state index is 0.178. The molecule has 18 heteroatoms. The van der Waals surface area contributed by atoms with Gasteiger partial charge >= 0.3 is 35.8 Å². The van der Waals surface area contributed by atoms with E-state index in [2.05, 4.69) is 31.4 Å². The van der Waals surface area contributed by atoms with Crippen molar-refractivity contribution >= 4 is 47.6 Å². The van der Waals surface area contributed by atoms with Crippen molar-refractivity contribution in [1.29, 1.82) is 0 Å². The van der Waals surface area contributed by atoms with Crippen LogP contribution in [0, 0.1) is 5.92 Å². The summed E-state index contributed by atoms with van der Waals surface area (Å²) in [4.78, 5) is 103. The topological polar surface area (TPSA) is 234 Å². The molecule has 0 bridgehead atoms. The Morgan fingerprint density at radius 1 is 0.512 bits per heavy atom. The lowest BCUT2D eigenvalue weighted by Gasteiger charge is -2.45. The van der Waals surface area contributed by atoms with Crippen molar-refractivity contribution in [1.82, 2.24) is 10.6 Å². The predicted molar refractivity (Wildman–Crippen MR) is 307 cm³/mol. The lowest BCUT2D eigenvalue weighted by atomic mass is 9.96. The second kappa shape index (κ2) is 46.0. The summed E-state index contributed by atoms with van der Waals surface area (Å²) in [5.41, 5.74) is 0. The van der Waals surface area contributed by atoms with Gasteiger partial charge in [0.1, 0.15) is 18.8 Å². The maximum Gasteiger partial charge on any atom is 0.303 e. The third kappa shape index (κ3) is 37.4. The molecule has 80 heavy (non-hydrogen) atoms. The van der Waals surface area contributed by atoms with Crippen LogP contribution in [0.4, 0.5) is 0 Å². The monoisotopic (exact) mass is 1140 g/mol. The van der Waals surface area contributed by atoms with Crippen molar-refractivity contribution in [3.05, 3.63) is 12.2 Å². The molecule has 0 aliphatic carbocycles. The number of hydrogen-bond acceptors (Lipinski definition) is 16. The molecule has 1 saturated heterocycles. The van der Waals surface area contributed by atoms with Crippen LogP contribution in [0.1, 0.15) is 262 Å². The lowest BCUT2D eigenvalue weighted by Crippen LogP contribution is -2.67. The van der Waals surface area contributed by atoms with E-state index in [0.29, 0.717) is 12.8 Å². The van der Waals surface area contributed by atoms with Crippen LogP contribution in [-0.4, -0.2) is 116 Å². The number of unbranched alkanes of at least 4 members (excludes halogenated alkanes) is 26. The number of hydrogen-bond donors (Lipinski definition) is 2. The van der Waals surface area contributed by atoms with Crippen molar-refractivity contribution in [3.8, 4) is 0 Å². The van der Waals surface area contributed by atoms with Gasteiger partial charge in [0.2, 0.25) is 5.91 Å². The van der Waals surface area contributed by atoms with E-state index in [4.69, 9.17) is 37.9 Å². The molecule has 1 heterocycles.